The summed E-state index contributed by atoms with van der Waals surface area (Å²) < 4.78 is 1.67. The van der Waals surface area contributed by atoms with Gasteiger partial charge in [-0.1, -0.05) is 0 Å². The van der Waals surface area contributed by atoms with Crippen LogP contribution in [-0.2, 0) is 0 Å². The molecule has 3 aromatic rings. The van der Waals surface area contributed by atoms with Gasteiger partial charge in [0.25, 0.3) is 5.91 Å². The lowest BCUT2D eigenvalue weighted by Crippen LogP contribution is -2.15. The molecule has 7 nitrogen and oxygen atoms in total. The van der Waals surface area contributed by atoms with E-state index in [4.69, 9.17) is 0 Å². The average molecular weight is 266 g/mol. The second-order valence-electron chi connectivity index (χ2n) is 3.93. The second kappa shape index (κ2) is 5.27. The average Bonchev–Trinajstić information content (AvgIpc) is 3.03. The van der Waals surface area contributed by atoms with E-state index in [1.807, 2.05) is 0 Å². The van der Waals surface area contributed by atoms with Gasteiger partial charge in [-0.2, -0.15) is 0 Å². The molecule has 1 N–H and O–H groups in total. The van der Waals surface area contributed by atoms with Crippen LogP contribution in [0.15, 0.2) is 55.6 Å². The van der Waals surface area contributed by atoms with Gasteiger partial charge in [-0.15, -0.1) is 0 Å². The Morgan fingerprint density at radius 3 is 2.80 bits per heavy atom. The van der Waals surface area contributed by atoms with E-state index in [2.05, 4.69) is 25.3 Å². The molecule has 1 amide bonds. The number of nitrogens with zero attached hydrogens (tertiary/aromatic N) is 5. The molecule has 0 saturated heterocycles. The predicted octanol–water partition coefficient (Wildman–Crippen LogP) is 1.31. The van der Waals surface area contributed by atoms with Gasteiger partial charge in [0, 0.05) is 18.6 Å². The van der Waals surface area contributed by atoms with Crippen molar-refractivity contribution in [2.24, 2.45) is 0 Å². The SMILES string of the molecule is O=C(Nc1cccnc1)c1cncc(-n2ccnc2)n1. The van der Waals surface area contributed by atoms with Crippen LogP contribution in [0.25, 0.3) is 5.82 Å². The van der Waals surface area contributed by atoms with E-state index in [0.717, 1.165) is 0 Å². The first-order chi connectivity index (χ1) is 9.83. The van der Waals surface area contributed by atoms with E-state index in [1.165, 1.54) is 6.20 Å². The van der Waals surface area contributed by atoms with Crippen LogP contribution in [0.5, 0.6) is 0 Å². The summed E-state index contributed by atoms with van der Waals surface area (Å²) in [6, 6.07) is 3.49. The summed E-state index contributed by atoms with van der Waals surface area (Å²) in [7, 11) is 0. The molecular weight excluding hydrogens is 256 g/mol. The van der Waals surface area contributed by atoms with E-state index in [0.29, 0.717) is 11.5 Å². The van der Waals surface area contributed by atoms with Gasteiger partial charge in [0.2, 0.25) is 0 Å². The molecule has 3 rings (SSSR count). The van der Waals surface area contributed by atoms with Gasteiger partial charge in [-0.25, -0.2) is 9.97 Å². The summed E-state index contributed by atoms with van der Waals surface area (Å²) in [5.41, 5.74) is 0.826. The number of nitrogens with one attached hydrogen (secondary N) is 1. The van der Waals surface area contributed by atoms with E-state index in [9.17, 15) is 4.79 Å². The van der Waals surface area contributed by atoms with Crippen molar-refractivity contribution >= 4 is 11.6 Å². The van der Waals surface area contributed by atoms with Gasteiger partial charge in [-0.3, -0.25) is 19.3 Å². The number of anilines is 1. The first-order valence-corrected chi connectivity index (χ1v) is 5.85. The normalized spacial score (nSPS) is 10.2. The highest BCUT2D eigenvalue weighted by atomic mass is 16.1. The summed E-state index contributed by atoms with van der Waals surface area (Å²) in [6.07, 6.45) is 11.1. The number of imidazole rings is 1. The minimum Gasteiger partial charge on any atom is -0.319 e. The molecule has 0 aliphatic heterocycles. The highest BCUT2D eigenvalue weighted by Gasteiger charge is 2.10. The Labute approximate surface area is 114 Å². The monoisotopic (exact) mass is 266 g/mol. The lowest BCUT2D eigenvalue weighted by molar-refractivity contribution is 0.102. The van der Waals surface area contributed by atoms with Gasteiger partial charge in [-0.05, 0) is 12.1 Å². The molecule has 0 aromatic carbocycles. The van der Waals surface area contributed by atoms with E-state index in [1.54, 1.807) is 54.0 Å². The standard InChI is InChI=1S/C13H10N6O/c20-13(17-10-2-1-3-14-6-10)11-7-16-8-12(18-11)19-5-4-15-9-19/h1-9H,(H,17,20). The molecule has 3 aromatic heterocycles. The van der Waals surface area contributed by atoms with Gasteiger partial charge in [0.15, 0.2) is 5.82 Å². The van der Waals surface area contributed by atoms with Gasteiger partial charge in [0.1, 0.15) is 12.0 Å². The number of pyridine rings is 1. The largest absolute Gasteiger partial charge is 0.319 e. The molecule has 98 valence electrons. The van der Waals surface area contributed by atoms with Gasteiger partial charge >= 0.3 is 0 Å². The molecule has 0 saturated carbocycles. The quantitative estimate of drug-likeness (QED) is 0.772. The molecule has 0 radical (unpaired) electrons. The predicted molar refractivity (Wildman–Crippen MR) is 71.3 cm³/mol. The summed E-state index contributed by atoms with van der Waals surface area (Å²) >= 11 is 0. The Morgan fingerprint density at radius 1 is 1.10 bits per heavy atom. The number of carbonyl (C=O) groups is 1. The van der Waals surface area contributed by atoms with Crippen molar-refractivity contribution in [3.8, 4) is 5.82 Å². The zero-order valence-electron chi connectivity index (χ0n) is 10.3. The molecule has 0 aliphatic rings. The number of carbonyl (C=O) groups excluding carboxylic acids is 1. The summed E-state index contributed by atoms with van der Waals surface area (Å²) in [5, 5.41) is 2.70. The zero-order valence-corrected chi connectivity index (χ0v) is 10.3. The molecule has 0 unspecified atom stereocenters. The molecule has 0 fully saturated rings. The third-order valence-electron chi connectivity index (χ3n) is 2.54. The Bertz CT molecular complexity index is 711. The van der Waals surface area contributed by atoms with Gasteiger partial charge in [0.05, 0.1) is 24.3 Å². The van der Waals surface area contributed by atoms with E-state index in [-0.39, 0.29) is 11.6 Å². The molecule has 0 spiro atoms. The summed E-state index contributed by atoms with van der Waals surface area (Å²) in [5.74, 6) is 0.189. The van der Waals surface area contributed by atoms with Crippen molar-refractivity contribution in [2.75, 3.05) is 5.32 Å². The van der Waals surface area contributed by atoms with Crippen LogP contribution in [0.2, 0.25) is 0 Å². The number of amides is 1. The van der Waals surface area contributed by atoms with Crippen LogP contribution in [0.4, 0.5) is 5.69 Å². The Hall–Kier alpha value is -3.09. The van der Waals surface area contributed by atoms with E-state index >= 15 is 0 Å². The minimum atomic E-state index is -0.340. The van der Waals surface area contributed by atoms with Crippen LogP contribution in [0.1, 0.15) is 10.5 Å². The topological polar surface area (TPSA) is 85.6 Å². The van der Waals surface area contributed by atoms with Crippen LogP contribution in [-0.4, -0.2) is 30.4 Å². The lowest BCUT2D eigenvalue weighted by Gasteiger charge is -2.05. The Kier molecular flexibility index (Phi) is 3.15. The zero-order chi connectivity index (χ0) is 13.8. The molecule has 0 bridgehead atoms. The molecule has 7 heteroatoms. The van der Waals surface area contributed by atoms with Gasteiger partial charge < -0.3 is 5.32 Å². The fourth-order valence-corrected chi connectivity index (χ4v) is 1.62. The highest BCUT2D eigenvalue weighted by molar-refractivity contribution is 6.02. The maximum absolute atomic E-state index is 12.1. The maximum Gasteiger partial charge on any atom is 0.275 e. The van der Waals surface area contributed by atoms with Crippen LogP contribution in [0.3, 0.4) is 0 Å². The van der Waals surface area contributed by atoms with Crippen LogP contribution < -0.4 is 5.32 Å². The van der Waals surface area contributed by atoms with Crippen molar-refractivity contribution in [2.45, 2.75) is 0 Å². The Balaban J connectivity index is 1.84. The van der Waals surface area contributed by atoms with Crippen LogP contribution >= 0.6 is 0 Å². The van der Waals surface area contributed by atoms with Crippen molar-refractivity contribution in [1.82, 2.24) is 24.5 Å². The molecule has 0 aliphatic carbocycles. The third kappa shape index (κ3) is 2.51. The first-order valence-electron chi connectivity index (χ1n) is 5.85. The van der Waals surface area contributed by atoms with Crippen molar-refractivity contribution in [3.63, 3.8) is 0 Å². The molecule has 3 heterocycles. The number of aromatic nitrogens is 5. The molecular formula is C13H10N6O. The molecule has 0 atom stereocenters. The fraction of sp³-hybridized carbons (Fsp3) is 0. The maximum atomic E-state index is 12.1. The lowest BCUT2D eigenvalue weighted by atomic mass is 10.3. The summed E-state index contributed by atoms with van der Waals surface area (Å²) in [4.78, 5) is 28.2. The molecule has 20 heavy (non-hydrogen) atoms. The first kappa shape index (κ1) is 12.0. The Morgan fingerprint density at radius 2 is 2.05 bits per heavy atom. The van der Waals surface area contributed by atoms with Crippen LogP contribution in [0, 0.1) is 0 Å². The minimum absolute atomic E-state index is 0.222. The fourth-order valence-electron chi connectivity index (χ4n) is 1.62. The van der Waals surface area contributed by atoms with Crippen molar-refractivity contribution < 1.29 is 4.79 Å². The number of hydrogen-bond acceptors (Lipinski definition) is 5. The highest BCUT2D eigenvalue weighted by Crippen LogP contribution is 2.07. The van der Waals surface area contributed by atoms with E-state index < -0.39 is 0 Å². The second-order valence-corrected chi connectivity index (χ2v) is 3.93. The summed E-state index contributed by atoms with van der Waals surface area (Å²) in [6.45, 7) is 0. The van der Waals surface area contributed by atoms with Crippen molar-refractivity contribution in [1.29, 1.82) is 0 Å². The smallest absolute Gasteiger partial charge is 0.275 e. The number of hydrogen-bond donors (Lipinski definition) is 1. The third-order valence-corrected chi connectivity index (χ3v) is 2.54. The number of rotatable bonds is 3. The van der Waals surface area contributed by atoms with Crippen molar-refractivity contribution in [3.05, 3.63) is 61.3 Å².